The molecule has 5 nitrogen and oxygen atoms in total. The van der Waals surface area contributed by atoms with Crippen LogP contribution in [0.2, 0.25) is 5.02 Å². The summed E-state index contributed by atoms with van der Waals surface area (Å²) in [5.41, 5.74) is 0.578. The highest BCUT2D eigenvalue weighted by Gasteiger charge is 2.37. The van der Waals surface area contributed by atoms with E-state index in [1.165, 1.54) is 4.90 Å². The van der Waals surface area contributed by atoms with Crippen molar-refractivity contribution in [2.75, 3.05) is 4.90 Å². The number of nitrogens with zero attached hydrogens (tertiary/aromatic N) is 1. The summed E-state index contributed by atoms with van der Waals surface area (Å²) in [4.78, 5) is 24.6. The lowest BCUT2D eigenvalue weighted by Gasteiger charge is -2.36. The van der Waals surface area contributed by atoms with E-state index in [0.29, 0.717) is 16.5 Å². The highest BCUT2D eigenvalue weighted by Crippen LogP contribution is 2.37. The summed E-state index contributed by atoms with van der Waals surface area (Å²) in [6.07, 6.45) is -1.35. The number of fused-ring (bicyclic) bond motifs is 1. The maximum absolute atomic E-state index is 12.3. The molecule has 1 heterocycles. The molecule has 0 radical (unpaired) electrons. The zero-order chi connectivity index (χ0) is 14.2. The maximum Gasteiger partial charge on any atom is 0.307 e. The average molecular weight is 284 g/mol. The van der Waals surface area contributed by atoms with E-state index >= 15 is 0 Å². The fourth-order valence-corrected chi connectivity index (χ4v) is 2.24. The number of ether oxygens (including phenoxy) is 1. The van der Waals surface area contributed by atoms with Gasteiger partial charge in [-0.05, 0) is 32.0 Å². The van der Waals surface area contributed by atoms with Crippen molar-refractivity contribution in [2.45, 2.75) is 32.4 Å². The van der Waals surface area contributed by atoms with Crippen LogP contribution in [0.15, 0.2) is 18.2 Å². The van der Waals surface area contributed by atoms with Crippen LogP contribution < -0.4 is 9.64 Å². The van der Waals surface area contributed by atoms with Crippen LogP contribution in [0.3, 0.4) is 0 Å². The van der Waals surface area contributed by atoms with Gasteiger partial charge in [-0.2, -0.15) is 0 Å². The predicted octanol–water partition coefficient (Wildman–Crippen LogP) is 2.32. The van der Waals surface area contributed by atoms with E-state index in [2.05, 4.69) is 0 Å². The van der Waals surface area contributed by atoms with Crippen molar-refractivity contribution >= 4 is 29.2 Å². The third-order valence-corrected chi connectivity index (χ3v) is 3.07. The van der Waals surface area contributed by atoms with Crippen molar-refractivity contribution in [3.63, 3.8) is 0 Å². The fraction of sp³-hybridized carbons (Fsp3) is 0.385. The predicted molar refractivity (Wildman–Crippen MR) is 70.7 cm³/mol. The Bertz CT molecular complexity index is 529. The van der Waals surface area contributed by atoms with Crippen LogP contribution in [0.25, 0.3) is 0 Å². The molecule has 19 heavy (non-hydrogen) atoms. The summed E-state index contributed by atoms with van der Waals surface area (Å²) in [6, 6.07) is 4.83. The second kappa shape index (κ2) is 5.09. The zero-order valence-electron chi connectivity index (χ0n) is 10.6. The largest absolute Gasteiger partial charge is 0.481 e. The number of benzene rings is 1. The smallest absolute Gasteiger partial charge is 0.307 e. The number of amides is 1. The van der Waals surface area contributed by atoms with Crippen LogP contribution in [0, 0.1) is 0 Å². The Morgan fingerprint density at radius 3 is 2.79 bits per heavy atom. The molecule has 1 aliphatic heterocycles. The molecule has 6 heteroatoms. The molecule has 1 amide bonds. The highest BCUT2D eigenvalue weighted by atomic mass is 35.5. The Morgan fingerprint density at radius 2 is 2.21 bits per heavy atom. The fourth-order valence-electron chi connectivity index (χ4n) is 2.08. The molecule has 1 atom stereocenters. The first-order chi connectivity index (χ1) is 8.90. The molecule has 102 valence electrons. The number of carboxylic acid groups (broad SMARTS) is 1. The van der Waals surface area contributed by atoms with Crippen LogP contribution in [0.5, 0.6) is 5.75 Å². The Labute approximate surface area is 115 Å². The SMILES string of the molecule is CC(C)N1C(=O)C(CC(=O)O)Oc2ccc(Cl)cc21. The molecular weight excluding hydrogens is 270 g/mol. The number of carbonyl (C=O) groups is 2. The van der Waals surface area contributed by atoms with Crippen molar-refractivity contribution < 1.29 is 19.4 Å². The first-order valence-corrected chi connectivity index (χ1v) is 6.29. The minimum Gasteiger partial charge on any atom is -0.481 e. The van der Waals surface area contributed by atoms with Gasteiger partial charge in [-0.3, -0.25) is 9.59 Å². The number of aliphatic carboxylic acids is 1. The van der Waals surface area contributed by atoms with Crippen LogP contribution >= 0.6 is 11.6 Å². The van der Waals surface area contributed by atoms with E-state index in [4.69, 9.17) is 21.4 Å². The molecule has 1 aliphatic rings. The van der Waals surface area contributed by atoms with Gasteiger partial charge in [0, 0.05) is 11.1 Å². The molecule has 0 bridgehead atoms. The van der Waals surface area contributed by atoms with Gasteiger partial charge in [0.15, 0.2) is 6.10 Å². The van der Waals surface area contributed by atoms with Crippen molar-refractivity contribution in [3.05, 3.63) is 23.2 Å². The second-order valence-corrected chi connectivity index (χ2v) is 5.05. The number of carbonyl (C=O) groups excluding carboxylic acids is 1. The molecule has 1 N–H and O–H groups in total. The average Bonchev–Trinajstić information content (AvgIpc) is 2.29. The van der Waals surface area contributed by atoms with Gasteiger partial charge in [0.25, 0.3) is 5.91 Å². The van der Waals surface area contributed by atoms with Gasteiger partial charge >= 0.3 is 5.97 Å². The second-order valence-electron chi connectivity index (χ2n) is 4.62. The molecule has 2 rings (SSSR count). The van der Waals surface area contributed by atoms with E-state index in [-0.39, 0.29) is 18.4 Å². The molecule has 0 saturated carbocycles. The summed E-state index contributed by atoms with van der Waals surface area (Å²) >= 11 is 5.93. The van der Waals surface area contributed by atoms with Gasteiger partial charge in [0.05, 0.1) is 12.1 Å². The lowest BCUT2D eigenvalue weighted by atomic mass is 10.1. The Hall–Kier alpha value is -1.75. The molecular formula is C13H14ClNO4. The number of carboxylic acids is 1. The first kappa shape index (κ1) is 13.7. The van der Waals surface area contributed by atoms with Crippen molar-refractivity contribution in [3.8, 4) is 5.75 Å². The molecule has 0 saturated heterocycles. The number of rotatable bonds is 3. The standard InChI is InChI=1S/C13H14ClNO4/c1-7(2)15-9-5-8(14)3-4-10(9)19-11(13(15)18)6-12(16)17/h3-5,7,11H,6H2,1-2H3,(H,16,17). The lowest BCUT2D eigenvalue weighted by Crippen LogP contribution is -2.49. The molecule has 0 aliphatic carbocycles. The summed E-state index contributed by atoms with van der Waals surface area (Å²) < 4.78 is 5.46. The molecule has 0 fully saturated rings. The topological polar surface area (TPSA) is 66.8 Å². The molecule has 0 spiro atoms. The molecule has 0 aromatic heterocycles. The Balaban J connectivity index is 2.44. The van der Waals surface area contributed by atoms with Gasteiger partial charge in [-0.25, -0.2) is 0 Å². The van der Waals surface area contributed by atoms with E-state index in [1.807, 2.05) is 13.8 Å². The molecule has 1 unspecified atom stereocenters. The van der Waals surface area contributed by atoms with Crippen LogP contribution in [-0.4, -0.2) is 29.1 Å². The molecule has 1 aromatic rings. The van der Waals surface area contributed by atoms with E-state index < -0.39 is 12.1 Å². The van der Waals surface area contributed by atoms with Crippen LogP contribution in [0.4, 0.5) is 5.69 Å². The van der Waals surface area contributed by atoms with E-state index in [0.717, 1.165) is 0 Å². The number of hydrogen-bond donors (Lipinski definition) is 1. The van der Waals surface area contributed by atoms with Gasteiger partial charge in [-0.15, -0.1) is 0 Å². The van der Waals surface area contributed by atoms with Gasteiger partial charge in [0.1, 0.15) is 5.75 Å². The van der Waals surface area contributed by atoms with Gasteiger partial charge in [0.2, 0.25) is 0 Å². The number of hydrogen-bond acceptors (Lipinski definition) is 3. The maximum atomic E-state index is 12.3. The quantitative estimate of drug-likeness (QED) is 0.924. The first-order valence-electron chi connectivity index (χ1n) is 5.91. The Kier molecular flexibility index (Phi) is 3.66. The van der Waals surface area contributed by atoms with E-state index in [1.54, 1.807) is 18.2 Å². The van der Waals surface area contributed by atoms with Crippen molar-refractivity contribution in [2.24, 2.45) is 0 Å². The third kappa shape index (κ3) is 2.66. The monoisotopic (exact) mass is 283 g/mol. The third-order valence-electron chi connectivity index (χ3n) is 2.84. The zero-order valence-corrected chi connectivity index (χ0v) is 11.3. The van der Waals surface area contributed by atoms with Gasteiger partial charge < -0.3 is 14.7 Å². The minimum atomic E-state index is -1.07. The van der Waals surface area contributed by atoms with Crippen LogP contribution in [-0.2, 0) is 9.59 Å². The van der Waals surface area contributed by atoms with Crippen molar-refractivity contribution in [1.82, 2.24) is 0 Å². The summed E-state index contributed by atoms with van der Waals surface area (Å²) in [7, 11) is 0. The summed E-state index contributed by atoms with van der Waals surface area (Å²) in [6.45, 7) is 3.71. The van der Waals surface area contributed by atoms with Gasteiger partial charge in [-0.1, -0.05) is 11.6 Å². The minimum absolute atomic E-state index is 0.107. The Morgan fingerprint density at radius 1 is 1.53 bits per heavy atom. The normalized spacial score (nSPS) is 18.2. The highest BCUT2D eigenvalue weighted by molar-refractivity contribution is 6.31. The van der Waals surface area contributed by atoms with Crippen molar-refractivity contribution in [1.29, 1.82) is 0 Å². The molecule has 1 aromatic carbocycles. The number of halogens is 1. The van der Waals surface area contributed by atoms with Crippen LogP contribution in [0.1, 0.15) is 20.3 Å². The summed E-state index contributed by atoms with van der Waals surface area (Å²) in [5, 5.41) is 9.33. The lowest BCUT2D eigenvalue weighted by molar-refractivity contribution is -0.142. The van der Waals surface area contributed by atoms with E-state index in [9.17, 15) is 9.59 Å². The summed E-state index contributed by atoms with van der Waals surface area (Å²) in [5.74, 6) is -0.949. The number of anilines is 1.